The van der Waals surface area contributed by atoms with Crippen LogP contribution in [0.5, 0.6) is 17.2 Å². The molecule has 8 nitrogen and oxygen atoms in total. The first-order valence-electron chi connectivity index (χ1n) is 16.4. The van der Waals surface area contributed by atoms with E-state index in [-0.39, 0.29) is 70.3 Å². The van der Waals surface area contributed by atoms with Crippen LogP contribution in [0.1, 0.15) is 41.7 Å². The van der Waals surface area contributed by atoms with Crippen molar-refractivity contribution in [3.63, 3.8) is 0 Å². The molecule has 2 radical (unpaired) electrons. The average Bonchev–Trinajstić information content (AvgIpc) is 3.18. The van der Waals surface area contributed by atoms with Gasteiger partial charge in [-0.25, -0.2) is 13.7 Å². The molecule has 6 rings (SSSR count). The second kappa shape index (κ2) is 30.4. The van der Waals surface area contributed by atoms with Gasteiger partial charge in [-0.2, -0.15) is 103 Å². The van der Waals surface area contributed by atoms with Gasteiger partial charge in [0.1, 0.15) is 11.5 Å². The van der Waals surface area contributed by atoms with Crippen LogP contribution in [0.25, 0.3) is 0 Å². The number of ether oxygens (including phenoxy) is 2. The van der Waals surface area contributed by atoms with E-state index in [0.29, 0.717) is 5.56 Å². The van der Waals surface area contributed by atoms with Crippen molar-refractivity contribution in [1.82, 2.24) is 0 Å². The van der Waals surface area contributed by atoms with Crippen molar-refractivity contribution >= 4 is 22.2 Å². The molecule has 0 fully saturated rings. The molecule has 286 valence electrons. The number of rotatable bonds is 9. The van der Waals surface area contributed by atoms with Gasteiger partial charge in [-0.05, 0) is 46.7 Å². The zero-order valence-electron chi connectivity index (χ0n) is 31.7. The molecule has 0 bridgehead atoms. The third kappa shape index (κ3) is 22.0. The Labute approximate surface area is 381 Å². The minimum atomic E-state index is -4.06. The van der Waals surface area contributed by atoms with Crippen molar-refractivity contribution in [1.29, 1.82) is 0 Å². The maximum atomic E-state index is 10.6. The van der Waals surface area contributed by atoms with Gasteiger partial charge in [-0.3, -0.25) is 4.55 Å². The minimum Gasteiger partial charge on any atom is -0.497 e. The maximum Gasteiger partial charge on any atom is 0.247 e. The monoisotopic (exact) mass is 930 g/mol. The van der Waals surface area contributed by atoms with Crippen molar-refractivity contribution in [2.45, 2.75) is 50.8 Å². The van der Waals surface area contributed by atoms with Crippen LogP contribution < -0.4 is 9.47 Å². The number of benzene rings is 6. The molecule has 0 aliphatic carbocycles. The van der Waals surface area contributed by atoms with Crippen LogP contribution in [0.15, 0.2) is 143 Å². The molecule has 0 saturated carbocycles. The normalized spacial score (nSPS) is 9.60. The van der Waals surface area contributed by atoms with Gasteiger partial charge >= 0.3 is 0 Å². The van der Waals surface area contributed by atoms with Crippen LogP contribution in [0, 0.1) is 45.0 Å². The fraction of sp³-hybridized carbons (Fsp3) is 0.163. The Morgan fingerprint density at radius 3 is 1.49 bits per heavy atom. The molecule has 0 heterocycles. The molecule has 6 aromatic carbocycles. The molecule has 0 aromatic heterocycles. The summed E-state index contributed by atoms with van der Waals surface area (Å²) in [6, 6.07) is 52.9. The second-order valence-electron chi connectivity index (χ2n) is 10.7. The number of methoxy groups -OCH3 is 1. The largest absolute Gasteiger partial charge is 0.497 e. The zero-order chi connectivity index (χ0) is 38.9. The summed E-state index contributed by atoms with van der Waals surface area (Å²) in [4.78, 5) is 0.779. The summed E-state index contributed by atoms with van der Waals surface area (Å²) in [7, 11) is -2.39. The molecule has 0 aliphatic rings. The third-order valence-electron chi connectivity index (χ3n) is 6.80. The maximum absolute atomic E-state index is 10.6. The van der Waals surface area contributed by atoms with Crippen molar-refractivity contribution in [2.75, 3.05) is 7.11 Å². The van der Waals surface area contributed by atoms with Crippen molar-refractivity contribution in [2.24, 2.45) is 0 Å². The Balaban J connectivity index is 0.000000752. The van der Waals surface area contributed by atoms with Crippen LogP contribution >= 0.6 is 12.0 Å². The third-order valence-corrected chi connectivity index (χ3v) is 8.54. The topological polar surface area (TPSA) is 112 Å². The fourth-order valence-corrected chi connectivity index (χ4v) is 5.22. The van der Waals surface area contributed by atoms with E-state index in [1.54, 1.807) is 38.3 Å². The summed E-state index contributed by atoms with van der Waals surface area (Å²) >= 11 is 0.944. The van der Waals surface area contributed by atoms with Crippen LogP contribution in [0.2, 0.25) is 0 Å². The van der Waals surface area contributed by atoms with Crippen molar-refractivity contribution in [3.05, 3.63) is 186 Å². The molecule has 0 atom stereocenters. The summed E-state index contributed by atoms with van der Waals surface area (Å²) in [5.41, 5.74) is 5.36. The Morgan fingerprint density at radius 1 is 0.618 bits per heavy atom. The number of hydrogen-bond donors (Lipinski definition) is 2. The molecule has 0 aliphatic heterocycles. The molecule has 0 spiro atoms. The second-order valence-corrected chi connectivity index (χ2v) is 12.8. The summed E-state index contributed by atoms with van der Waals surface area (Å²) in [5, 5.41) is 11.3. The Kier molecular flexibility index (Phi) is 28.9. The molecule has 6 aromatic rings. The van der Waals surface area contributed by atoms with Gasteiger partial charge in [0.05, 0.1) is 7.11 Å². The van der Waals surface area contributed by atoms with E-state index >= 15 is 0 Å². The van der Waals surface area contributed by atoms with Crippen LogP contribution in [0.3, 0.4) is 0 Å². The first kappa shape index (κ1) is 52.3. The van der Waals surface area contributed by atoms with Gasteiger partial charge in [0.25, 0.3) is 0 Å². The van der Waals surface area contributed by atoms with Gasteiger partial charge in [0, 0.05) is 83.2 Å². The standard InChI is InChI=1S/C20H17O2.2C7H7O3S.C7H7.C2H6.2Y/c1-21-18-11-7-16(8-12-18)15-17-9-13-20(14-10-17)22-19-5-3-2-4-6-19;1-6-4-2-3-5-7(6)11(8,9)10;1-6-4-2-3-5-7(6)11-10-9-8;1-7-5-3-2-4-6-7;1-2;;/h3-14H,15H2,1H3;2,4-5H,1H3,(H,8,9,10);2,4-5,8H,1H3;3-6H,1H3;1-2H3;;/q4*-1;;;. The fourth-order valence-electron chi connectivity index (χ4n) is 4.11. The SMILES string of the molecule is CC.COc1ccc(Cc2ccc(Oc3cc[c-]cc3)cc2)cc1.Cc1cc[c-]cc1.Cc1cc[c-]cc1S(=O)(=O)O.Cc1cc[c-]cc1SOOO.[Y].[Y]. The van der Waals surface area contributed by atoms with E-state index in [2.05, 4.69) is 64.8 Å². The van der Waals surface area contributed by atoms with Crippen molar-refractivity contribution < 1.29 is 102 Å². The number of hydrogen-bond acceptors (Lipinski definition) is 8. The summed E-state index contributed by atoms with van der Waals surface area (Å²) < 4.78 is 45.0. The molecule has 2 N–H and O–H groups in total. The minimum absolute atomic E-state index is 0. The first-order chi connectivity index (χ1) is 25.6. The summed E-state index contributed by atoms with van der Waals surface area (Å²) in [5.74, 6) is 2.54. The smallest absolute Gasteiger partial charge is 0.247 e. The summed E-state index contributed by atoms with van der Waals surface area (Å²) in [6.07, 6.45) is 0.893. The van der Waals surface area contributed by atoms with Gasteiger partial charge < -0.3 is 9.47 Å². The molecule has 0 unspecified atom stereocenters. The van der Waals surface area contributed by atoms with E-state index in [9.17, 15) is 8.42 Å². The Morgan fingerprint density at radius 2 is 1.07 bits per heavy atom. The Bertz CT molecular complexity index is 1970. The predicted octanol–water partition coefficient (Wildman–Crippen LogP) is 11.0. The van der Waals surface area contributed by atoms with Gasteiger partial charge in [0.2, 0.25) is 10.1 Å². The molecular weight excluding hydrogens is 886 g/mol. The van der Waals surface area contributed by atoms with E-state index < -0.39 is 10.1 Å². The van der Waals surface area contributed by atoms with Crippen LogP contribution in [-0.2, 0) is 91.3 Å². The summed E-state index contributed by atoms with van der Waals surface area (Å²) in [6.45, 7) is 9.60. The van der Waals surface area contributed by atoms with Gasteiger partial charge in [-0.15, -0.1) is 27.6 Å². The quantitative estimate of drug-likeness (QED) is 0.0481. The van der Waals surface area contributed by atoms with Crippen molar-refractivity contribution in [3.8, 4) is 17.2 Å². The van der Waals surface area contributed by atoms with E-state index in [1.165, 1.54) is 22.8 Å². The van der Waals surface area contributed by atoms with E-state index in [1.807, 2.05) is 99.6 Å². The zero-order valence-corrected chi connectivity index (χ0v) is 39.0. The van der Waals surface area contributed by atoms with Gasteiger partial charge in [0.15, 0.2) is 0 Å². The molecule has 0 saturated heterocycles. The molecule has 0 amide bonds. The number of aryl methyl sites for hydroxylation is 3. The van der Waals surface area contributed by atoms with Crippen LogP contribution in [0.4, 0.5) is 0 Å². The Hall–Kier alpha value is -2.73. The predicted molar refractivity (Wildman–Crippen MR) is 209 cm³/mol. The average molecular weight is 931 g/mol. The van der Waals surface area contributed by atoms with E-state index in [0.717, 1.165) is 46.2 Å². The van der Waals surface area contributed by atoms with Crippen LogP contribution in [-0.4, -0.2) is 25.3 Å². The first-order valence-corrected chi connectivity index (χ1v) is 18.6. The molecule has 55 heavy (non-hydrogen) atoms. The van der Waals surface area contributed by atoms with E-state index in [4.69, 9.17) is 19.3 Å². The van der Waals surface area contributed by atoms with Gasteiger partial charge in [-0.1, -0.05) is 68.8 Å². The molecular formula is C43H44O8S2Y2-4. The molecule has 12 heteroatoms.